The number of carbonyl (C=O) groups is 2. The molecule has 4 N–H and O–H groups in total. The highest BCUT2D eigenvalue weighted by Gasteiger charge is 2.23. The van der Waals surface area contributed by atoms with Gasteiger partial charge in [-0.3, -0.25) is 9.59 Å². The monoisotopic (exact) mass is 282 g/mol. The third-order valence-electron chi connectivity index (χ3n) is 3.56. The first kappa shape index (κ1) is 13.3. The van der Waals surface area contributed by atoms with E-state index >= 15 is 0 Å². The lowest BCUT2D eigenvalue weighted by atomic mass is 9.96. The second-order valence-corrected chi connectivity index (χ2v) is 4.91. The van der Waals surface area contributed by atoms with Crippen molar-refractivity contribution in [3.05, 3.63) is 64.7 Å². The maximum atomic E-state index is 12.6. The molecule has 0 aromatic heterocycles. The molecule has 0 saturated carbocycles. The predicted octanol–water partition coefficient (Wildman–Crippen LogP) is 1.30. The number of amides is 1. The first-order valence-electron chi connectivity index (χ1n) is 6.52. The third kappa shape index (κ3) is 2.28. The number of ketones is 1. The van der Waals surface area contributed by atoms with E-state index in [0.29, 0.717) is 29.0 Å². The van der Waals surface area contributed by atoms with Gasteiger partial charge in [0.1, 0.15) is 18.4 Å². The molecule has 5 nitrogen and oxygen atoms in total. The molecule has 1 aliphatic heterocycles. The predicted molar refractivity (Wildman–Crippen MR) is 76.8 cm³/mol. The van der Waals surface area contributed by atoms with E-state index in [4.69, 9.17) is 16.2 Å². The molecule has 1 atom stereocenters. The number of fused-ring (bicyclic) bond motifs is 2. The number of nitrogens with two attached hydrogens (primary N) is 2. The average molecular weight is 282 g/mol. The molecule has 0 radical (unpaired) electrons. The van der Waals surface area contributed by atoms with Gasteiger partial charge in [0, 0.05) is 11.1 Å². The first-order chi connectivity index (χ1) is 10.1. The van der Waals surface area contributed by atoms with Crippen molar-refractivity contribution in [3.8, 4) is 5.75 Å². The smallest absolute Gasteiger partial charge is 0.238 e. The zero-order chi connectivity index (χ0) is 15.0. The van der Waals surface area contributed by atoms with E-state index in [1.165, 1.54) is 0 Å². The minimum absolute atomic E-state index is 0.142. The van der Waals surface area contributed by atoms with Crippen molar-refractivity contribution < 1.29 is 14.3 Å². The van der Waals surface area contributed by atoms with E-state index in [0.717, 1.165) is 5.56 Å². The number of rotatable bonds is 2. The number of ether oxygens (including phenoxy) is 1. The van der Waals surface area contributed by atoms with Crippen LogP contribution in [0.15, 0.2) is 42.5 Å². The van der Waals surface area contributed by atoms with Crippen molar-refractivity contribution >= 4 is 11.7 Å². The summed E-state index contributed by atoms with van der Waals surface area (Å²) in [4.78, 5) is 23.8. The van der Waals surface area contributed by atoms with Crippen LogP contribution in [-0.2, 0) is 11.4 Å². The molecule has 1 heterocycles. The maximum absolute atomic E-state index is 12.6. The molecule has 21 heavy (non-hydrogen) atoms. The zero-order valence-corrected chi connectivity index (χ0v) is 11.2. The Morgan fingerprint density at radius 1 is 1.14 bits per heavy atom. The second kappa shape index (κ2) is 5.03. The average Bonchev–Trinajstić information content (AvgIpc) is 2.64. The number of benzene rings is 2. The number of carbonyl (C=O) groups excluding carboxylic acids is 2. The molecule has 1 aliphatic rings. The summed E-state index contributed by atoms with van der Waals surface area (Å²) in [5.41, 5.74) is 13.3. The highest BCUT2D eigenvalue weighted by atomic mass is 16.5. The van der Waals surface area contributed by atoms with Crippen LogP contribution in [0.3, 0.4) is 0 Å². The van der Waals surface area contributed by atoms with Crippen LogP contribution in [0.5, 0.6) is 5.75 Å². The third-order valence-corrected chi connectivity index (χ3v) is 3.56. The molecule has 0 bridgehead atoms. The van der Waals surface area contributed by atoms with Crippen LogP contribution >= 0.6 is 0 Å². The van der Waals surface area contributed by atoms with E-state index in [2.05, 4.69) is 0 Å². The maximum Gasteiger partial charge on any atom is 0.238 e. The first-order valence-corrected chi connectivity index (χ1v) is 6.52. The van der Waals surface area contributed by atoms with Crippen molar-refractivity contribution in [1.29, 1.82) is 0 Å². The summed E-state index contributed by atoms with van der Waals surface area (Å²) in [5.74, 6) is -0.300. The van der Waals surface area contributed by atoms with Gasteiger partial charge in [-0.15, -0.1) is 0 Å². The Morgan fingerprint density at radius 3 is 2.67 bits per heavy atom. The lowest BCUT2D eigenvalue weighted by Gasteiger charge is -2.11. The second-order valence-electron chi connectivity index (χ2n) is 4.91. The minimum Gasteiger partial charge on any atom is -0.488 e. The Morgan fingerprint density at radius 2 is 1.90 bits per heavy atom. The SMILES string of the molecule is NC(=O)C(N)c1ccc2c(c1)C(=O)c1ccccc1CO2. The van der Waals surface area contributed by atoms with Crippen LogP contribution in [0.1, 0.15) is 33.1 Å². The van der Waals surface area contributed by atoms with Crippen LogP contribution in [0.25, 0.3) is 0 Å². The van der Waals surface area contributed by atoms with E-state index in [1.807, 2.05) is 12.1 Å². The molecule has 2 aromatic carbocycles. The molecule has 3 rings (SSSR count). The molecule has 5 heteroatoms. The van der Waals surface area contributed by atoms with Gasteiger partial charge in [0.2, 0.25) is 5.91 Å². The number of hydrogen-bond donors (Lipinski definition) is 2. The number of primary amides is 1. The molecule has 0 spiro atoms. The van der Waals surface area contributed by atoms with E-state index < -0.39 is 11.9 Å². The summed E-state index contributed by atoms with van der Waals surface area (Å²) in [6, 6.07) is 11.2. The molecule has 0 aliphatic carbocycles. The quantitative estimate of drug-likeness (QED) is 0.867. The molecular weight excluding hydrogens is 268 g/mol. The Balaban J connectivity index is 2.11. The molecule has 2 aromatic rings. The summed E-state index contributed by atoms with van der Waals surface area (Å²) in [6.45, 7) is 0.329. The molecule has 106 valence electrons. The normalized spacial score (nSPS) is 14.4. The summed E-state index contributed by atoms with van der Waals surface area (Å²) in [5, 5.41) is 0. The van der Waals surface area contributed by atoms with Gasteiger partial charge in [-0.1, -0.05) is 30.3 Å². The minimum atomic E-state index is -0.943. The molecule has 0 fully saturated rings. The highest BCUT2D eigenvalue weighted by Crippen LogP contribution is 2.30. The van der Waals surface area contributed by atoms with Gasteiger partial charge in [0.15, 0.2) is 5.78 Å². The standard InChI is InChI=1S/C16H14N2O3/c17-14(16(18)20)9-5-6-13-12(7-9)15(19)11-4-2-1-3-10(11)8-21-13/h1-7,14H,8,17H2,(H2,18,20). The van der Waals surface area contributed by atoms with E-state index in [9.17, 15) is 9.59 Å². The molecule has 0 saturated heterocycles. The fraction of sp³-hybridized carbons (Fsp3) is 0.125. The summed E-state index contributed by atoms with van der Waals surface area (Å²) < 4.78 is 5.66. The van der Waals surface area contributed by atoms with Gasteiger partial charge in [-0.05, 0) is 17.7 Å². The van der Waals surface area contributed by atoms with Gasteiger partial charge in [0.05, 0.1) is 5.56 Å². The van der Waals surface area contributed by atoms with Crippen LogP contribution in [0.2, 0.25) is 0 Å². The van der Waals surface area contributed by atoms with Crippen LogP contribution in [0.4, 0.5) is 0 Å². The van der Waals surface area contributed by atoms with Crippen molar-refractivity contribution in [1.82, 2.24) is 0 Å². The van der Waals surface area contributed by atoms with Crippen LogP contribution in [-0.4, -0.2) is 11.7 Å². The van der Waals surface area contributed by atoms with Gasteiger partial charge >= 0.3 is 0 Å². The Hall–Kier alpha value is -2.66. The fourth-order valence-corrected chi connectivity index (χ4v) is 2.38. The largest absolute Gasteiger partial charge is 0.488 e. The molecular formula is C16H14N2O3. The van der Waals surface area contributed by atoms with E-state index in [1.54, 1.807) is 30.3 Å². The van der Waals surface area contributed by atoms with Crippen molar-refractivity contribution in [2.45, 2.75) is 12.6 Å². The van der Waals surface area contributed by atoms with Crippen LogP contribution in [0, 0.1) is 0 Å². The number of hydrogen-bond acceptors (Lipinski definition) is 4. The highest BCUT2D eigenvalue weighted by molar-refractivity contribution is 6.12. The molecule has 1 unspecified atom stereocenters. The van der Waals surface area contributed by atoms with Gasteiger partial charge in [0.25, 0.3) is 0 Å². The van der Waals surface area contributed by atoms with Gasteiger partial charge < -0.3 is 16.2 Å². The van der Waals surface area contributed by atoms with Gasteiger partial charge in [-0.2, -0.15) is 0 Å². The summed E-state index contributed by atoms with van der Waals surface area (Å²) in [6.07, 6.45) is 0. The lowest BCUT2D eigenvalue weighted by molar-refractivity contribution is -0.119. The zero-order valence-electron chi connectivity index (χ0n) is 11.2. The lowest BCUT2D eigenvalue weighted by Crippen LogP contribution is -2.28. The Labute approximate surface area is 121 Å². The Kier molecular flexibility index (Phi) is 3.19. The topological polar surface area (TPSA) is 95.4 Å². The Bertz CT molecular complexity index is 740. The fourth-order valence-electron chi connectivity index (χ4n) is 2.38. The molecule has 1 amide bonds. The van der Waals surface area contributed by atoms with Crippen LogP contribution < -0.4 is 16.2 Å². The summed E-state index contributed by atoms with van der Waals surface area (Å²) in [7, 11) is 0. The summed E-state index contributed by atoms with van der Waals surface area (Å²) >= 11 is 0. The van der Waals surface area contributed by atoms with Gasteiger partial charge in [-0.25, -0.2) is 0 Å². The van der Waals surface area contributed by atoms with E-state index in [-0.39, 0.29) is 5.78 Å². The van der Waals surface area contributed by atoms with Crippen molar-refractivity contribution in [2.75, 3.05) is 0 Å². The van der Waals surface area contributed by atoms with Crippen molar-refractivity contribution in [3.63, 3.8) is 0 Å². The van der Waals surface area contributed by atoms with Crippen molar-refractivity contribution in [2.24, 2.45) is 11.5 Å².